The maximum Gasteiger partial charge on any atom is 0.0406 e. The summed E-state index contributed by atoms with van der Waals surface area (Å²) in [6.07, 6.45) is 2.15. The molecular weight excluding hydrogens is 240 g/mol. The quantitative estimate of drug-likeness (QED) is 0.704. The lowest BCUT2D eigenvalue weighted by atomic mass is 9.93. The van der Waals surface area contributed by atoms with Crippen molar-refractivity contribution in [1.29, 1.82) is 0 Å². The second-order valence-corrected chi connectivity index (χ2v) is 5.21. The fourth-order valence-electron chi connectivity index (χ4n) is 1.97. The van der Waals surface area contributed by atoms with Crippen LogP contribution in [0.25, 0.3) is 0 Å². The Kier molecular flexibility index (Phi) is 4.43. The molecule has 18 heavy (non-hydrogen) atoms. The van der Waals surface area contributed by atoms with Gasteiger partial charge in [0.05, 0.1) is 0 Å². The fourth-order valence-corrected chi connectivity index (χ4v) is 2.09. The highest BCUT2D eigenvalue weighted by molar-refractivity contribution is 6.30. The molecule has 0 atom stereocenters. The summed E-state index contributed by atoms with van der Waals surface area (Å²) in [4.78, 5) is 0. The van der Waals surface area contributed by atoms with Gasteiger partial charge in [0.1, 0.15) is 0 Å². The standard InChI is InChI=1S/C17H18Cl/c1-13-3-9-16(10-4-13)14(2)5-6-15-7-11-17(18)12-8-15/h3-4,7-12H,5-6H2,1-2H3. The molecule has 2 aromatic rings. The van der Waals surface area contributed by atoms with Crippen molar-refractivity contribution in [2.24, 2.45) is 0 Å². The molecule has 0 spiro atoms. The zero-order valence-corrected chi connectivity index (χ0v) is 11.7. The minimum atomic E-state index is 0.804. The lowest BCUT2D eigenvalue weighted by molar-refractivity contribution is 0.855. The van der Waals surface area contributed by atoms with Crippen LogP contribution in [0.5, 0.6) is 0 Å². The SMILES string of the molecule is C[C](CCc1ccc(Cl)cc1)c1ccc(C)cc1. The first-order valence-corrected chi connectivity index (χ1v) is 6.67. The van der Waals surface area contributed by atoms with E-state index in [1.165, 1.54) is 22.6 Å². The molecule has 0 amide bonds. The zero-order chi connectivity index (χ0) is 13.0. The minimum Gasteiger partial charge on any atom is -0.0843 e. The molecule has 0 aromatic heterocycles. The Morgan fingerprint density at radius 3 is 2.17 bits per heavy atom. The van der Waals surface area contributed by atoms with Gasteiger partial charge in [-0.05, 0) is 43.0 Å². The topological polar surface area (TPSA) is 0 Å². The van der Waals surface area contributed by atoms with Crippen molar-refractivity contribution in [2.45, 2.75) is 26.7 Å². The van der Waals surface area contributed by atoms with E-state index in [0.717, 1.165) is 17.9 Å². The van der Waals surface area contributed by atoms with Gasteiger partial charge in [-0.15, -0.1) is 0 Å². The number of rotatable bonds is 4. The van der Waals surface area contributed by atoms with Gasteiger partial charge in [0.25, 0.3) is 0 Å². The van der Waals surface area contributed by atoms with Crippen LogP contribution in [0.1, 0.15) is 30.0 Å². The molecule has 0 saturated heterocycles. The molecule has 2 rings (SSSR count). The molecule has 0 nitrogen and oxygen atoms in total. The molecule has 0 unspecified atom stereocenters. The fraction of sp³-hybridized carbons (Fsp3) is 0.235. The van der Waals surface area contributed by atoms with E-state index in [1.54, 1.807) is 0 Å². The molecule has 1 heteroatoms. The van der Waals surface area contributed by atoms with Crippen LogP contribution in [0.15, 0.2) is 48.5 Å². The monoisotopic (exact) mass is 257 g/mol. The molecule has 1 radical (unpaired) electrons. The Morgan fingerprint density at radius 1 is 0.944 bits per heavy atom. The molecule has 0 aliphatic rings. The van der Waals surface area contributed by atoms with E-state index in [4.69, 9.17) is 11.6 Å². The van der Waals surface area contributed by atoms with Gasteiger partial charge < -0.3 is 0 Å². The van der Waals surface area contributed by atoms with Crippen LogP contribution in [0.2, 0.25) is 5.02 Å². The summed E-state index contributed by atoms with van der Waals surface area (Å²) in [6, 6.07) is 16.9. The van der Waals surface area contributed by atoms with Crippen molar-refractivity contribution < 1.29 is 0 Å². The van der Waals surface area contributed by atoms with Gasteiger partial charge in [-0.25, -0.2) is 0 Å². The van der Waals surface area contributed by atoms with Crippen LogP contribution in [-0.4, -0.2) is 0 Å². The maximum absolute atomic E-state index is 5.88. The Morgan fingerprint density at radius 2 is 1.56 bits per heavy atom. The molecule has 0 aliphatic carbocycles. The van der Waals surface area contributed by atoms with Crippen molar-refractivity contribution >= 4 is 11.6 Å². The van der Waals surface area contributed by atoms with Crippen molar-refractivity contribution in [3.63, 3.8) is 0 Å². The molecular formula is C17H18Cl. The molecule has 0 bridgehead atoms. The average Bonchev–Trinajstić information content (AvgIpc) is 2.38. The Balaban J connectivity index is 1.93. The van der Waals surface area contributed by atoms with Gasteiger partial charge >= 0.3 is 0 Å². The number of hydrogen-bond acceptors (Lipinski definition) is 0. The predicted molar refractivity (Wildman–Crippen MR) is 79.0 cm³/mol. The molecule has 0 heterocycles. The Labute approximate surface area is 115 Å². The number of benzene rings is 2. The summed E-state index contributed by atoms with van der Waals surface area (Å²) in [6.45, 7) is 4.33. The zero-order valence-electron chi connectivity index (χ0n) is 10.9. The van der Waals surface area contributed by atoms with Crippen molar-refractivity contribution in [3.8, 4) is 0 Å². The van der Waals surface area contributed by atoms with E-state index >= 15 is 0 Å². The summed E-state index contributed by atoms with van der Waals surface area (Å²) in [5.74, 6) is 1.44. The first-order chi connectivity index (χ1) is 8.65. The summed E-state index contributed by atoms with van der Waals surface area (Å²) in [5, 5.41) is 0.804. The molecule has 2 aromatic carbocycles. The largest absolute Gasteiger partial charge is 0.0843 e. The van der Waals surface area contributed by atoms with E-state index < -0.39 is 0 Å². The van der Waals surface area contributed by atoms with Gasteiger partial charge in [-0.1, -0.05) is 60.5 Å². The summed E-state index contributed by atoms with van der Waals surface area (Å²) in [5.41, 5.74) is 3.99. The third kappa shape index (κ3) is 3.61. The second-order valence-electron chi connectivity index (χ2n) is 4.77. The van der Waals surface area contributed by atoms with Crippen molar-refractivity contribution in [1.82, 2.24) is 0 Å². The van der Waals surface area contributed by atoms with Crippen molar-refractivity contribution in [3.05, 3.63) is 76.2 Å². The number of hydrogen-bond donors (Lipinski definition) is 0. The normalized spacial score (nSPS) is 10.9. The van der Waals surface area contributed by atoms with E-state index in [9.17, 15) is 0 Å². The van der Waals surface area contributed by atoms with Crippen LogP contribution < -0.4 is 0 Å². The highest BCUT2D eigenvalue weighted by Crippen LogP contribution is 2.21. The first-order valence-electron chi connectivity index (χ1n) is 6.29. The smallest absolute Gasteiger partial charge is 0.0406 e. The second kappa shape index (κ2) is 6.06. The van der Waals surface area contributed by atoms with E-state index in [0.29, 0.717) is 0 Å². The number of halogens is 1. The third-order valence-corrected chi connectivity index (χ3v) is 3.50. The molecule has 0 fully saturated rings. The summed E-state index contributed by atoms with van der Waals surface area (Å²) in [7, 11) is 0. The first kappa shape index (κ1) is 13.2. The average molecular weight is 258 g/mol. The van der Waals surface area contributed by atoms with Crippen LogP contribution in [0, 0.1) is 12.8 Å². The molecule has 0 saturated carbocycles. The van der Waals surface area contributed by atoms with Gasteiger partial charge in [-0.2, -0.15) is 0 Å². The van der Waals surface area contributed by atoms with Gasteiger partial charge in [0, 0.05) is 10.9 Å². The molecule has 0 aliphatic heterocycles. The van der Waals surface area contributed by atoms with Crippen molar-refractivity contribution in [2.75, 3.05) is 0 Å². The highest BCUT2D eigenvalue weighted by atomic mass is 35.5. The molecule has 93 valence electrons. The van der Waals surface area contributed by atoms with Gasteiger partial charge in [0.15, 0.2) is 0 Å². The maximum atomic E-state index is 5.88. The van der Waals surface area contributed by atoms with Crippen LogP contribution in [-0.2, 0) is 6.42 Å². The van der Waals surface area contributed by atoms with E-state index in [-0.39, 0.29) is 0 Å². The lowest BCUT2D eigenvalue weighted by Crippen LogP contribution is -1.97. The minimum absolute atomic E-state index is 0.804. The summed E-state index contributed by atoms with van der Waals surface area (Å²) < 4.78 is 0. The van der Waals surface area contributed by atoms with Crippen LogP contribution in [0.4, 0.5) is 0 Å². The lowest BCUT2D eigenvalue weighted by Gasteiger charge is -2.11. The van der Waals surface area contributed by atoms with Crippen LogP contribution >= 0.6 is 11.6 Å². The highest BCUT2D eigenvalue weighted by Gasteiger charge is 2.06. The third-order valence-electron chi connectivity index (χ3n) is 3.25. The van der Waals surface area contributed by atoms with Gasteiger partial charge in [0.2, 0.25) is 0 Å². The number of aryl methyl sites for hydroxylation is 2. The Bertz CT molecular complexity index is 482. The predicted octanol–water partition coefficient (Wildman–Crippen LogP) is 5.22. The summed E-state index contributed by atoms with van der Waals surface area (Å²) >= 11 is 5.88. The van der Waals surface area contributed by atoms with Crippen LogP contribution in [0.3, 0.4) is 0 Å². The van der Waals surface area contributed by atoms with E-state index in [2.05, 4.69) is 50.2 Å². The van der Waals surface area contributed by atoms with Gasteiger partial charge in [-0.3, -0.25) is 0 Å². The van der Waals surface area contributed by atoms with E-state index in [1.807, 2.05) is 12.1 Å². The molecule has 0 N–H and O–H groups in total. The Hall–Kier alpha value is -1.27.